The number of hydrazine groups is 1. The maximum atomic E-state index is 10.9. The van der Waals surface area contributed by atoms with E-state index in [2.05, 4.69) is 20.8 Å². The van der Waals surface area contributed by atoms with E-state index < -0.39 is 5.97 Å². The van der Waals surface area contributed by atoms with Gasteiger partial charge in [-0.15, -0.1) is 0 Å². The van der Waals surface area contributed by atoms with Crippen molar-refractivity contribution in [2.45, 2.75) is 6.42 Å². The van der Waals surface area contributed by atoms with Crippen LogP contribution in [0.5, 0.6) is 5.75 Å². The number of carbonyl (C=O) groups excluding carboxylic acids is 1. The van der Waals surface area contributed by atoms with Gasteiger partial charge >= 0.3 is 5.97 Å². The molecule has 0 spiro atoms. The van der Waals surface area contributed by atoms with Crippen LogP contribution in [0, 0.1) is 0 Å². The molecule has 0 aliphatic rings. The normalized spacial score (nSPS) is 9.94. The van der Waals surface area contributed by atoms with E-state index in [1.54, 1.807) is 23.8 Å². The number of nitrogens with one attached hydrogen (secondary N) is 1. The molecule has 5 nitrogen and oxygen atoms in total. The molecule has 0 radical (unpaired) electrons. The zero-order valence-corrected chi connectivity index (χ0v) is 10.5. The molecule has 0 heterocycles. The van der Waals surface area contributed by atoms with Gasteiger partial charge in [0.05, 0.1) is 18.1 Å². The molecule has 0 aliphatic heterocycles. The van der Waals surface area contributed by atoms with Crippen molar-refractivity contribution in [2.75, 3.05) is 6.61 Å². The molecule has 1 rings (SSSR count). The fourth-order valence-corrected chi connectivity index (χ4v) is 1.68. The smallest absolute Gasteiger partial charge is 0.329 e. The van der Waals surface area contributed by atoms with Gasteiger partial charge in [-0.2, -0.15) is 0 Å². The van der Waals surface area contributed by atoms with Gasteiger partial charge in [0.1, 0.15) is 5.75 Å². The van der Waals surface area contributed by atoms with Crippen molar-refractivity contribution >= 4 is 33.5 Å². The second-order valence-corrected chi connectivity index (χ2v) is 4.09. The summed E-state index contributed by atoms with van der Waals surface area (Å²) >= 11 is 9.17. The van der Waals surface area contributed by atoms with Crippen LogP contribution in [0.2, 0.25) is 5.02 Å². The number of ether oxygens (including phenoxy) is 1. The van der Waals surface area contributed by atoms with Gasteiger partial charge in [-0.3, -0.25) is 4.79 Å². The average Bonchev–Trinajstić information content (AvgIpc) is 2.22. The van der Waals surface area contributed by atoms with E-state index in [0.29, 0.717) is 10.8 Å². The Morgan fingerprint density at radius 3 is 2.94 bits per heavy atom. The second kappa shape index (κ2) is 6.70. The van der Waals surface area contributed by atoms with Crippen LogP contribution in [0.15, 0.2) is 22.7 Å². The highest BCUT2D eigenvalue weighted by atomic mass is 79.9. The van der Waals surface area contributed by atoms with Crippen molar-refractivity contribution in [3.05, 3.63) is 27.7 Å². The lowest BCUT2D eigenvalue weighted by atomic mass is 10.3. The molecule has 0 saturated carbocycles. The van der Waals surface area contributed by atoms with Gasteiger partial charge in [0.15, 0.2) is 0 Å². The van der Waals surface area contributed by atoms with Gasteiger partial charge in [-0.25, -0.2) is 5.84 Å². The Bertz CT molecular complexity index is 376. The zero-order chi connectivity index (χ0) is 12.0. The Kier molecular flexibility index (Phi) is 5.54. The monoisotopic (exact) mass is 308 g/mol. The first-order valence-corrected chi connectivity index (χ1v) is 5.53. The molecule has 16 heavy (non-hydrogen) atoms. The lowest BCUT2D eigenvalue weighted by Crippen LogP contribution is -2.26. The predicted molar refractivity (Wildman–Crippen MR) is 62.7 cm³/mol. The lowest BCUT2D eigenvalue weighted by molar-refractivity contribution is -0.151. The third-order valence-corrected chi connectivity index (χ3v) is 2.42. The molecule has 88 valence electrons. The molecule has 0 unspecified atom stereocenters. The molecule has 0 aromatic heterocycles. The van der Waals surface area contributed by atoms with Crippen LogP contribution in [0.1, 0.15) is 6.42 Å². The van der Waals surface area contributed by atoms with Crippen LogP contribution >= 0.6 is 27.5 Å². The minimum absolute atomic E-state index is 0.0800. The molecule has 1 aromatic rings. The Morgan fingerprint density at radius 1 is 1.56 bits per heavy atom. The van der Waals surface area contributed by atoms with Crippen LogP contribution in [0.4, 0.5) is 0 Å². The van der Waals surface area contributed by atoms with Gasteiger partial charge in [0.25, 0.3) is 0 Å². The van der Waals surface area contributed by atoms with Crippen molar-refractivity contribution in [3.63, 3.8) is 0 Å². The van der Waals surface area contributed by atoms with Crippen LogP contribution in [0.25, 0.3) is 0 Å². The van der Waals surface area contributed by atoms with Crippen LogP contribution < -0.4 is 16.2 Å². The summed E-state index contributed by atoms with van der Waals surface area (Å²) in [6.45, 7) is 0.169. The molecule has 3 N–H and O–H groups in total. The predicted octanol–water partition coefficient (Wildman–Crippen LogP) is 1.79. The number of rotatable bonds is 5. The molecule has 0 atom stereocenters. The maximum Gasteiger partial charge on any atom is 0.329 e. The minimum atomic E-state index is -0.504. The van der Waals surface area contributed by atoms with Crippen molar-refractivity contribution in [3.8, 4) is 5.75 Å². The summed E-state index contributed by atoms with van der Waals surface area (Å²) in [4.78, 5) is 15.2. The molecule has 0 aliphatic carbocycles. The molecule has 0 amide bonds. The molecule has 1 aromatic carbocycles. The zero-order valence-electron chi connectivity index (χ0n) is 8.20. The summed E-state index contributed by atoms with van der Waals surface area (Å²) in [6, 6.07) is 5.20. The summed E-state index contributed by atoms with van der Waals surface area (Å²) in [5, 5.41) is 0.472. The Labute approximate surface area is 106 Å². The van der Waals surface area contributed by atoms with Crippen LogP contribution in [-0.4, -0.2) is 12.6 Å². The quantitative estimate of drug-likeness (QED) is 0.641. The summed E-state index contributed by atoms with van der Waals surface area (Å²) in [7, 11) is 0. The standard InChI is InChI=1S/C9H10BrClN2O3/c10-6-1-2-8(7(11)5-6)15-4-3-9(14)16-13-12/h1-2,5,13H,3-4,12H2. The van der Waals surface area contributed by atoms with E-state index >= 15 is 0 Å². The number of nitrogens with two attached hydrogens (primary N) is 1. The summed E-state index contributed by atoms with van der Waals surface area (Å²) in [6.07, 6.45) is 0.0800. The summed E-state index contributed by atoms with van der Waals surface area (Å²) < 4.78 is 6.14. The third-order valence-electron chi connectivity index (χ3n) is 1.63. The van der Waals surface area contributed by atoms with E-state index in [1.807, 2.05) is 0 Å². The van der Waals surface area contributed by atoms with Crippen molar-refractivity contribution in [2.24, 2.45) is 5.84 Å². The lowest BCUT2D eigenvalue weighted by Gasteiger charge is -2.07. The third kappa shape index (κ3) is 4.36. The number of hydrogen-bond donors (Lipinski definition) is 2. The molecular weight excluding hydrogens is 299 g/mol. The Balaban J connectivity index is 2.40. The summed E-state index contributed by atoms with van der Waals surface area (Å²) in [5.74, 6) is 4.80. The van der Waals surface area contributed by atoms with Gasteiger partial charge in [0, 0.05) is 4.47 Å². The fourth-order valence-electron chi connectivity index (χ4n) is 0.953. The van der Waals surface area contributed by atoms with E-state index in [4.69, 9.17) is 22.2 Å². The van der Waals surface area contributed by atoms with E-state index in [-0.39, 0.29) is 13.0 Å². The highest BCUT2D eigenvalue weighted by Gasteiger charge is 2.05. The van der Waals surface area contributed by atoms with Gasteiger partial charge in [-0.05, 0) is 18.2 Å². The average molecular weight is 310 g/mol. The molecule has 0 fully saturated rings. The van der Waals surface area contributed by atoms with Crippen molar-refractivity contribution in [1.29, 1.82) is 0 Å². The highest BCUT2D eigenvalue weighted by molar-refractivity contribution is 9.10. The van der Waals surface area contributed by atoms with Crippen molar-refractivity contribution < 1.29 is 14.4 Å². The van der Waals surface area contributed by atoms with Gasteiger partial charge in [0.2, 0.25) is 0 Å². The Morgan fingerprint density at radius 2 is 2.31 bits per heavy atom. The maximum absolute atomic E-state index is 10.9. The van der Waals surface area contributed by atoms with E-state index in [1.165, 1.54) is 0 Å². The van der Waals surface area contributed by atoms with E-state index in [0.717, 1.165) is 4.47 Å². The Hall–Kier alpha value is -0.820. The molecule has 0 bridgehead atoms. The van der Waals surface area contributed by atoms with Gasteiger partial charge in [-0.1, -0.05) is 33.1 Å². The first-order chi connectivity index (χ1) is 7.63. The van der Waals surface area contributed by atoms with Crippen molar-refractivity contribution in [1.82, 2.24) is 5.59 Å². The minimum Gasteiger partial charge on any atom is -0.491 e. The van der Waals surface area contributed by atoms with Crippen LogP contribution in [-0.2, 0) is 9.63 Å². The van der Waals surface area contributed by atoms with Crippen LogP contribution in [0.3, 0.4) is 0 Å². The van der Waals surface area contributed by atoms with E-state index in [9.17, 15) is 4.79 Å². The molecule has 0 saturated heterocycles. The topological polar surface area (TPSA) is 73.6 Å². The first-order valence-electron chi connectivity index (χ1n) is 4.36. The number of carbonyl (C=O) groups is 1. The van der Waals surface area contributed by atoms with Gasteiger partial charge < -0.3 is 9.57 Å². The molecular formula is C9H10BrClN2O3. The number of hydrogen-bond acceptors (Lipinski definition) is 5. The first kappa shape index (κ1) is 13.2. The largest absolute Gasteiger partial charge is 0.491 e. The molecule has 7 heteroatoms. The number of benzene rings is 1. The highest BCUT2D eigenvalue weighted by Crippen LogP contribution is 2.27. The fraction of sp³-hybridized carbons (Fsp3) is 0.222. The second-order valence-electron chi connectivity index (χ2n) is 2.77. The summed E-state index contributed by atoms with van der Waals surface area (Å²) in [5.41, 5.74) is 1.80. The SMILES string of the molecule is NNOC(=O)CCOc1ccc(Br)cc1Cl. The number of halogens is 2.